The summed E-state index contributed by atoms with van der Waals surface area (Å²) in [6.45, 7) is 0. The Morgan fingerprint density at radius 1 is 1.23 bits per heavy atom. The minimum absolute atomic E-state index is 0.946. The summed E-state index contributed by atoms with van der Waals surface area (Å²) in [6.07, 6.45) is 0. The highest BCUT2D eigenvalue weighted by Crippen LogP contribution is 2.24. The maximum Gasteiger partial charge on any atom is 0.152 e. The summed E-state index contributed by atoms with van der Waals surface area (Å²) in [4.78, 5) is 0. The van der Waals surface area contributed by atoms with Crippen LogP contribution in [0.3, 0.4) is 0 Å². The molecule has 0 bridgehead atoms. The van der Waals surface area contributed by atoms with Crippen molar-refractivity contribution in [2.45, 2.75) is 0 Å². The van der Waals surface area contributed by atoms with Gasteiger partial charge in [0.1, 0.15) is 0 Å². The molecule has 0 saturated carbocycles. The summed E-state index contributed by atoms with van der Waals surface area (Å²) in [5.74, 6) is 5.22. The van der Waals surface area contributed by atoms with Crippen molar-refractivity contribution < 1.29 is 0 Å². The van der Waals surface area contributed by atoms with Crippen LogP contribution in [0.1, 0.15) is 5.56 Å². The number of hydrogen-bond acceptors (Lipinski definition) is 2. The first kappa shape index (κ1) is 7.86. The first-order chi connectivity index (χ1) is 6.42. The fraction of sp³-hybridized carbons (Fsp3) is 0. The quantitative estimate of drug-likeness (QED) is 0.576. The van der Waals surface area contributed by atoms with E-state index in [9.17, 15) is 0 Å². The monoisotopic (exact) mass is 183 g/mol. The van der Waals surface area contributed by atoms with E-state index in [-0.39, 0.29) is 0 Å². The second kappa shape index (κ2) is 3.31. The molecule has 2 aromatic rings. The number of benzene rings is 1. The molecule has 0 N–H and O–H groups in total. The van der Waals surface area contributed by atoms with Crippen molar-refractivity contribution in [3.05, 3.63) is 35.2 Å². The Morgan fingerprint density at radius 3 is 2.92 bits per heavy atom. The summed E-state index contributed by atoms with van der Waals surface area (Å²) in [5, 5.41) is 11.4. The highest BCUT2D eigenvalue weighted by atomic mass is 32.1. The van der Waals surface area contributed by atoms with E-state index in [0.717, 1.165) is 10.9 Å². The molecule has 2 heteroatoms. The van der Waals surface area contributed by atoms with Gasteiger partial charge in [-0.25, -0.2) is 0 Å². The van der Waals surface area contributed by atoms with E-state index in [0.29, 0.717) is 0 Å². The molecule has 0 aliphatic rings. The zero-order valence-electron chi connectivity index (χ0n) is 6.74. The van der Waals surface area contributed by atoms with Gasteiger partial charge in [-0.1, -0.05) is 18.2 Å². The van der Waals surface area contributed by atoms with E-state index >= 15 is 0 Å². The third-order valence-electron chi connectivity index (χ3n) is 1.73. The van der Waals surface area contributed by atoms with E-state index in [1.165, 1.54) is 4.70 Å². The Labute approximate surface area is 80.2 Å². The predicted octanol–water partition coefficient (Wildman–Crippen LogP) is 2.78. The lowest BCUT2D eigenvalue weighted by Crippen LogP contribution is -1.68. The van der Waals surface area contributed by atoms with E-state index < -0.39 is 0 Å². The van der Waals surface area contributed by atoms with Crippen molar-refractivity contribution >= 4 is 21.4 Å². The van der Waals surface area contributed by atoms with Crippen molar-refractivity contribution in [2.24, 2.45) is 0 Å². The van der Waals surface area contributed by atoms with E-state index in [2.05, 4.69) is 17.9 Å². The Hall–Kier alpha value is -1.77. The van der Waals surface area contributed by atoms with Gasteiger partial charge in [-0.2, -0.15) is 5.26 Å². The van der Waals surface area contributed by atoms with Crippen molar-refractivity contribution in [3.8, 4) is 17.9 Å². The Bertz CT molecular complexity index is 534. The topological polar surface area (TPSA) is 23.8 Å². The number of hydrogen-bond donors (Lipinski definition) is 0. The number of fused-ring (bicyclic) bond motifs is 1. The van der Waals surface area contributed by atoms with E-state index in [1.54, 1.807) is 11.3 Å². The van der Waals surface area contributed by atoms with Crippen LogP contribution in [0.4, 0.5) is 0 Å². The molecule has 2 rings (SSSR count). The minimum Gasteiger partial charge on any atom is -0.183 e. The predicted molar refractivity (Wildman–Crippen MR) is 54.3 cm³/mol. The minimum atomic E-state index is 0.946. The first-order valence-corrected chi connectivity index (χ1v) is 4.66. The van der Waals surface area contributed by atoms with Gasteiger partial charge in [0, 0.05) is 27.0 Å². The van der Waals surface area contributed by atoms with Crippen molar-refractivity contribution in [1.82, 2.24) is 0 Å². The maximum absolute atomic E-state index is 8.32. The summed E-state index contributed by atoms with van der Waals surface area (Å²) >= 11 is 1.65. The van der Waals surface area contributed by atoms with Crippen LogP contribution in [0.25, 0.3) is 10.1 Å². The average Bonchev–Trinajstić information content (AvgIpc) is 2.58. The maximum atomic E-state index is 8.32. The fourth-order valence-electron chi connectivity index (χ4n) is 1.17. The molecule has 1 nitrogen and oxygen atoms in total. The first-order valence-electron chi connectivity index (χ1n) is 3.78. The van der Waals surface area contributed by atoms with Gasteiger partial charge in [0.25, 0.3) is 0 Å². The molecule has 1 heterocycles. The second-order valence-corrected chi connectivity index (χ2v) is 3.42. The molecule has 0 aliphatic heterocycles. The van der Waals surface area contributed by atoms with Crippen LogP contribution in [0, 0.1) is 23.2 Å². The van der Waals surface area contributed by atoms with Gasteiger partial charge >= 0.3 is 0 Å². The van der Waals surface area contributed by atoms with Crippen LogP contribution in [0.2, 0.25) is 0 Å². The number of thiophene rings is 1. The molecule has 0 unspecified atom stereocenters. The van der Waals surface area contributed by atoms with Crippen molar-refractivity contribution in [2.75, 3.05) is 0 Å². The van der Waals surface area contributed by atoms with Gasteiger partial charge in [0.2, 0.25) is 0 Å². The van der Waals surface area contributed by atoms with Gasteiger partial charge in [-0.3, -0.25) is 0 Å². The molecule has 1 aromatic carbocycles. The van der Waals surface area contributed by atoms with Crippen LogP contribution in [-0.2, 0) is 0 Å². The molecule has 0 spiro atoms. The zero-order chi connectivity index (χ0) is 9.10. The summed E-state index contributed by atoms with van der Waals surface area (Å²) in [5.41, 5.74) is 0.946. The van der Waals surface area contributed by atoms with Gasteiger partial charge in [-0.15, -0.1) is 11.3 Å². The lowest BCUT2D eigenvalue weighted by Gasteiger charge is -1.86. The van der Waals surface area contributed by atoms with Crippen molar-refractivity contribution in [1.29, 1.82) is 5.26 Å². The summed E-state index contributed by atoms with van der Waals surface area (Å²) in [7, 11) is 0. The Kier molecular flexibility index (Phi) is 2.00. The van der Waals surface area contributed by atoms with Crippen LogP contribution >= 0.6 is 11.3 Å². The number of rotatable bonds is 0. The van der Waals surface area contributed by atoms with E-state index in [1.807, 2.05) is 29.6 Å². The third kappa shape index (κ3) is 1.40. The van der Waals surface area contributed by atoms with Gasteiger partial charge < -0.3 is 0 Å². The van der Waals surface area contributed by atoms with E-state index in [4.69, 9.17) is 5.26 Å². The third-order valence-corrected chi connectivity index (χ3v) is 2.70. The zero-order valence-corrected chi connectivity index (χ0v) is 7.56. The summed E-state index contributed by atoms with van der Waals surface area (Å²) < 4.78 is 1.21. The van der Waals surface area contributed by atoms with Gasteiger partial charge in [0.15, 0.2) is 6.07 Å². The molecule has 0 radical (unpaired) electrons. The fourth-order valence-corrected chi connectivity index (χ4v) is 2.06. The molecular weight excluding hydrogens is 178 g/mol. The van der Waals surface area contributed by atoms with Crippen LogP contribution < -0.4 is 0 Å². The average molecular weight is 183 g/mol. The Balaban J connectivity index is 2.66. The van der Waals surface area contributed by atoms with Crippen LogP contribution in [0.5, 0.6) is 0 Å². The number of nitriles is 1. The SMILES string of the molecule is N#CC#Cc1csc2ccccc12. The molecule has 0 saturated heterocycles. The summed E-state index contributed by atoms with van der Waals surface area (Å²) in [6, 6.07) is 9.87. The van der Waals surface area contributed by atoms with Crippen LogP contribution in [-0.4, -0.2) is 0 Å². The molecular formula is C11H5NS. The van der Waals surface area contributed by atoms with Gasteiger partial charge in [-0.05, 0) is 12.0 Å². The smallest absolute Gasteiger partial charge is 0.152 e. The van der Waals surface area contributed by atoms with Crippen molar-refractivity contribution in [3.63, 3.8) is 0 Å². The lowest BCUT2D eigenvalue weighted by molar-refractivity contribution is 1.55. The molecule has 0 fully saturated rings. The molecule has 13 heavy (non-hydrogen) atoms. The molecule has 0 aliphatic carbocycles. The number of nitrogens with zero attached hydrogens (tertiary/aromatic N) is 1. The molecule has 1 aromatic heterocycles. The largest absolute Gasteiger partial charge is 0.183 e. The standard InChI is InChI=1S/C11H5NS/c12-7-3-4-9-8-13-11-6-2-1-5-10(9)11/h1-2,5-6,8H. The highest BCUT2D eigenvalue weighted by molar-refractivity contribution is 7.17. The Morgan fingerprint density at radius 2 is 2.08 bits per heavy atom. The second-order valence-electron chi connectivity index (χ2n) is 2.51. The normalized spacial score (nSPS) is 8.85. The lowest BCUT2D eigenvalue weighted by atomic mass is 10.2. The van der Waals surface area contributed by atoms with Gasteiger partial charge in [0.05, 0.1) is 0 Å². The molecule has 60 valence electrons. The molecule has 0 amide bonds. The molecule has 0 atom stereocenters. The van der Waals surface area contributed by atoms with Crippen LogP contribution in [0.15, 0.2) is 29.6 Å². The highest BCUT2D eigenvalue weighted by Gasteiger charge is 1.98.